The number of hydrogen-bond donors (Lipinski definition) is 0. The molecular weight excluding hydrogens is 304 g/mol. The Morgan fingerprint density at radius 1 is 1.41 bits per heavy atom. The third-order valence-corrected chi connectivity index (χ3v) is 5.59. The van der Waals surface area contributed by atoms with Gasteiger partial charge >= 0.3 is 0 Å². The Morgan fingerprint density at radius 2 is 2.23 bits per heavy atom. The lowest BCUT2D eigenvalue weighted by Gasteiger charge is -2.23. The van der Waals surface area contributed by atoms with Crippen molar-refractivity contribution in [1.82, 2.24) is 19.4 Å². The monoisotopic (exact) mass is 320 g/mol. The predicted octanol–water partition coefficient (Wildman–Crippen LogP) is 0.526. The molecule has 1 aliphatic rings. The minimum Gasteiger partial charge on any atom is -0.338 e. The normalized spacial score (nSPS) is 20.0. The van der Waals surface area contributed by atoms with Gasteiger partial charge in [0.25, 0.3) is 5.91 Å². The SMILES string of the molecule is CN(C(=O)c1ccnc(-n2ccnc2)c1)C1CCS(=O)(=O)C1. The van der Waals surface area contributed by atoms with Gasteiger partial charge in [0.05, 0.1) is 11.5 Å². The van der Waals surface area contributed by atoms with Crippen molar-refractivity contribution in [3.8, 4) is 5.82 Å². The van der Waals surface area contributed by atoms with Crippen LogP contribution in [-0.4, -0.2) is 58.4 Å². The standard InChI is InChI=1S/C14H16N4O3S/c1-17(12-3-7-22(20,21)9-12)14(19)11-2-4-16-13(8-11)18-6-5-15-10-18/h2,4-6,8,10,12H,3,7,9H2,1H3. The van der Waals surface area contributed by atoms with E-state index in [-0.39, 0.29) is 23.5 Å². The summed E-state index contributed by atoms with van der Waals surface area (Å²) in [5.41, 5.74) is 0.477. The third kappa shape index (κ3) is 2.87. The molecule has 22 heavy (non-hydrogen) atoms. The molecule has 2 aromatic rings. The van der Waals surface area contributed by atoms with Crippen LogP contribution in [0.3, 0.4) is 0 Å². The van der Waals surface area contributed by atoms with Crippen molar-refractivity contribution in [3.63, 3.8) is 0 Å². The molecule has 1 amide bonds. The van der Waals surface area contributed by atoms with Crippen LogP contribution < -0.4 is 0 Å². The first-order valence-corrected chi connectivity index (χ1v) is 8.70. The number of aromatic nitrogens is 3. The topological polar surface area (TPSA) is 85.2 Å². The average Bonchev–Trinajstić information content (AvgIpc) is 3.15. The lowest BCUT2D eigenvalue weighted by Crippen LogP contribution is -2.37. The number of sulfone groups is 1. The van der Waals surface area contributed by atoms with Crippen LogP contribution in [0.25, 0.3) is 5.82 Å². The summed E-state index contributed by atoms with van der Waals surface area (Å²) in [6.45, 7) is 0. The van der Waals surface area contributed by atoms with Crippen molar-refractivity contribution < 1.29 is 13.2 Å². The zero-order chi connectivity index (χ0) is 15.7. The summed E-state index contributed by atoms with van der Waals surface area (Å²) in [4.78, 5) is 22.2. The highest BCUT2D eigenvalue weighted by Crippen LogP contribution is 2.19. The summed E-state index contributed by atoms with van der Waals surface area (Å²) in [5.74, 6) is 0.572. The van der Waals surface area contributed by atoms with E-state index in [0.717, 1.165) is 0 Å². The quantitative estimate of drug-likeness (QED) is 0.823. The molecule has 0 aromatic carbocycles. The maximum absolute atomic E-state index is 12.5. The molecular formula is C14H16N4O3S. The Kier molecular flexibility index (Phi) is 3.69. The Balaban J connectivity index is 1.82. The molecule has 0 spiro atoms. The van der Waals surface area contributed by atoms with Crippen molar-refractivity contribution in [2.24, 2.45) is 0 Å². The van der Waals surface area contributed by atoms with E-state index in [2.05, 4.69) is 9.97 Å². The molecule has 0 N–H and O–H groups in total. The Bertz CT molecular complexity index is 786. The fourth-order valence-electron chi connectivity index (χ4n) is 2.54. The second kappa shape index (κ2) is 5.53. The minimum atomic E-state index is -3.02. The van der Waals surface area contributed by atoms with Crippen LogP contribution in [0, 0.1) is 0 Å². The number of hydrogen-bond acceptors (Lipinski definition) is 5. The van der Waals surface area contributed by atoms with Crippen LogP contribution in [0.4, 0.5) is 0 Å². The van der Waals surface area contributed by atoms with Gasteiger partial charge in [-0.1, -0.05) is 0 Å². The van der Waals surface area contributed by atoms with Gasteiger partial charge in [-0.25, -0.2) is 18.4 Å². The molecule has 1 unspecified atom stereocenters. The molecule has 0 bridgehead atoms. The molecule has 0 radical (unpaired) electrons. The minimum absolute atomic E-state index is 0.0364. The number of carbonyl (C=O) groups excluding carboxylic acids is 1. The van der Waals surface area contributed by atoms with Gasteiger partial charge in [-0.2, -0.15) is 0 Å². The second-order valence-electron chi connectivity index (χ2n) is 5.35. The molecule has 1 aliphatic heterocycles. The highest BCUT2D eigenvalue weighted by molar-refractivity contribution is 7.91. The van der Waals surface area contributed by atoms with Crippen LogP contribution in [0.5, 0.6) is 0 Å². The first-order chi connectivity index (χ1) is 10.5. The molecule has 3 rings (SSSR count). The molecule has 0 saturated carbocycles. The van der Waals surface area contributed by atoms with Crippen molar-refractivity contribution in [3.05, 3.63) is 42.6 Å². The molecule has 3 heterocycles. The van der Waals surface area contributed by atoms with Crippen molar-refractivity contribution >= 4 is 15.7 Å². The van der Waals surface area contributed by atoms with E-state index in [1.807, 2.05) is 0 Å². The highest BCUT2D eigenvalue weighted by atomic mass is 32.2. The smallest absolute Gasteiger partial charge is 0.254 e. The first kappa shape index (κ1) is 14.7. The maximum Gasteiger partial charge on any atom is 0.254 e. The largest absolute Gasteiger partial charge is 0.338 e. The summed E-state index contributed by atoms with van der Waals surface area (Å²) < 4.78 is 24.8. The summed E-state index contributed by atoms with van der Waals surface area (Å²) in [6, 6.07) is 3.04. The molecule has 1 fully saturated rings. The predicted molar refractivity (Wildman–Crippen MR) is 80.5 cm³/mol. The molecule has 2 aromatic heterocycles. The van der Waals surface area contributed by atoms with Crippen LogP contribution in [0.15, 0.2) is 37.1 Å². The van der Waals surface area contributed by atoms with Gasteiger partial charge in [0, 0.05) is 37.2 Å². The summed E-state index contributed by atoms with van der Waals surface area (Å²) in [6.07, 6.45) is 7.02. The molecule has 1 saturated heterocycles. The summed E-state index contributed by atoms with van der Waals surface area (Å²) in [7, 11) is -1.37. The number of pyridine rings is 1. The zero-order valence-corrected chi connectivity index (χ0v) is 12.9. The van der Waals surface area contributed by atoms with Gasteiger partial charge in [-0.05, 0) is 18.6 Å². The van der Waals surface area contributed by atoms with Crippen LogP contribution in [0.2, 0.25) is 0 Å². The molecule has 1 atom stereocenters. The van der Waals surface area contributed by atoms with Crippen LogP contribution in [-0.2, 0) is 9.84 Å². The average molecular weight is 320 g/mol. The van der Waals surface area contributed by atoms with E-state index < -0.39 is 9.84 Å². The Labute approximate surface area is 128 Å². The fourth-order valence-corrected chi connectivity index (χ4v) is 4.31. The zero-order valence-electron chi connectivity index (χ0n) is 12.1. The molecule has 8 heteroatoms. The summed E-state index contributed by atoms with van der Waals surface area (Å²) >= 11 is 0. The summed E-state index contributed by atoms with van der Waals surface area (Å²) in [5, 5.41) is 0. The fraction of sp³-hybridized carbons (Fsp3) is 0.357. The maximum atomic E-state index is 12.5. The van der Waals surface area contributed by atoms with E-state index >= 15 is 0 Å². The molecule has 7 nitrogen and oxygen atoms in total. The highest BCUT2D eigenvalue weighted by Gasteiger charge is 2.33. The van der Waals surface area contributed by atoms with E-state index in [1.165, 1.54) is 4.90 Å². The molecule has 0 aliphatic carbocycles. The number of rotatable bonds is 3. The van der Waals surface area contributed by atoms with Crippen molar-refractivity contribution in [2.75, 3.05) is 18.6 Å². The van der Waals surface area contributed by atoms with E-state index in [9.17, 15) is 13.2 Å². The third-order valence-electron chi connectivity index (χ3n) is 3.84. The van der Waals surface area contributed by atoms with Gasteiger partial charge in [0.2, 0.25) is 0 Å². The lowest BCUT2D eigenvalue weighted by molar-refractivity contribution is 0.0747. The molecule has 116 valence electrons. The van der Waals surface area contributed by atoms with E-state index in [4.69, 9.17) is 0 Å². The number of amides is 1. The second-order valence-corrected chi connectivity index (χ2v) is 7.57. The van der Waals surface area contributed by atoms with Crippen molar-refractivity contribution in [1.29, 1.82) is 0 Å². The Morgan fingerprint density at radius 3 is 2.86 bits per heavy atom. The van der Waals surface area contributed by atoms with Gasteiger partial charge in [-0.15, -0.1) is 0 Å². The van der Waals surface area contributed by atoms with Crippen LogP contribution >= 0.6 is 0 Å². The van der Waals surface area contributed by atoms with Crippen molar-refractivity contribution in [2.45, 2.75) is 12.5 Å². The van der Waals surface area contributed by atoms with E-state index in [0.29, 0.717) is 17.8 Å². The van der Waals surface area contributed by atoms with E-state index in [1.54, 1.807) is 48.7 Å². The number of imidazole rings is 1. The van der Waals surface area contributed by atoms with Gasteiger partial charge in [0.1, 0.15) is 12.1 Å². The van der Waals surface area contributed by atoms with Gasteiger partial charge in [0.15, 0.2) is 9.84 Å². The van der Waals surface area contributed by atoms with Crippen LogP contribution in [0.1, 0.15) is 16.8 Å². The Hall–Kier alpha value is -2.22. The van der Waals surface area contributed by atoms with Gasteiger partial charge in [-0.3, -0.25) is 9.36 Å². The first-order valence-electron chi connectivity index (χ1n) is 6.88. The number of nitrogens with zero attached hydrogens (tertiary/aromatic N) is 4. The van der Waals surface area contributed by atoms with Gasteiger partial charge < -0.3 is 4.90 Å². The lowest BCUT2D eigenvalue weighted by atomic mass is 10.2. The number of carbonyl (C=O) groups is 1.